The molecule has 6 heteroatoms. The number of hydrogen-bond acceptors (Lipinski definition) is 2. The first-order valence-corrected chi connectivity index (χ1v) is 4.23. The highest BCUT2D eigenvalue weighted by molar-refractivity contribution is 6.31. The van der Waals surface area contributed by atoms with Gasteiger partial charge in [-0.05, 0) is 25.1 Å². The zero-order chi connectivity index (χ0) is 11.6. The molecule has 0 atom stereocenters. The highest BCUT2D eigenvalue weighted by Crippen LogP contribution is 2.28. The number of carbonyl (C=O) groups is 1. The Kier molecular flexibility index (Phi) is 3.24. The molecule has 0 N–H and O–H groups in total. The van der Waals surface area contributed by atoms with Crippen LogP contribution in [0.1, 0.15) is 17.3 Å². The van der Waals surface area contributed by atoms with Crippen molar-refractivity contribution >= 4 is 17.4 Å². The zero-order valence-electron chi connectivity index (χ0n) is 7.56. The van der Waals surface area contributed by atoms with Gasteiger partial charge in [0.1, 0.15) is 5.75 Å². The van der Waals surface area contributed by atoms with Crippen molar-refractivity contribution in [3.63, 3.8) is 0 Å². The van der Waals surface area contributed by atoms with Crippen LogP contribution in [0.2, 0.25) is 5.02 Å². The normalized spacial score (nSPS) is 11.3. The molecule has 0 saturated heterocycles. The lowest BCUT2D eigenvalue weighted by atomic mass is 10.1. The maximum atomic E-state index is 11.9. The van der Waals surface area contributed by atoms with Gasteiger partial charge in [0.05, 0.1) is 5.56 Å². The third-order valence-electron chi connectivity index (χ3n) is 1.55. The molecule has 1 aromatic rings. The molecule has 0 radical (unpaired) electrons. The zero-order valence-corrected chi connectivity index (χ0v) is 8.32. The number of halogens is 4. The predicted molar refractivity (Wildman–Crippen MR) is 48.1 cm³/mol. The number of alkyl halides is 3. The van der Waals surface area contributed by atoms with E-state index in [2.05, 4.69) is 4.74 Å². The summed E-state index contributed by atoms with van der Waals surface area (Å²) in [7, 11) is 0. The van der Waals surface area contributed by atoms with E-state index in [1.807, 2.05) is 0 Å². The lowest BCUT2D eigenvalue weighted by Gasteiger charge is -2.11. The average molecular weight is 239 g/mol. The van der Waals surface area contributed by atoms with Crippen LogP contribution in [-0.2, 0) is 0 Å². The number of ketones is 1. The Labute approximate surface area is 88.6 Å². The summed E-state index contributed by atoms with van der Waals surface area (Å²) >= 11 is 5.54. The second-order valence-corrected chi connectivity index (χ2v) is 3.18. The summed E-state index contributed by atoms with van der Waals surface area (Å²) in [6.45, 7) is 1.13. The molecular formula is C9H6ClF3O2. The van der Waals surface area contributed by atoms with Gasteiger partial charge >= 0.3 is 6.36 Å². The molecular weight excluding hydrogens is 233 g/mol. The van der Waals surface area contributed by atoms with Gasteiger partial charge in [0.15, 0.2) is 5.78 Å². The number of Topliss-reactive ketones (excluding diaryl/α,β-unsaturated/α-hetero) is 1. The maximum Gasteiger partial charge on any atom is 0.573 e. The minimum Gasteiger partial charge on any atom is -0.405 e. The van der Waals surface area contributed by atoms with Crippen LogP contribution in [0.15, 0.2) is 18.2 Å². The molecule has 82 valence electrons. The van der Waals surface area contributed by atoms with Gasteiger partial charge in [-0.1, -0.05) is 11.6 Å². The number of rotatable bonds is 2. The molecule has 0 bridgehead atoms. The van der Waals surface area contributed by atoms with E-state index in [1.54, 1.807) is 0 Å². The van der Waals surface area contributed by atoms with Crippen LogP contribution in [0.5, 0.6) is 5.75 Å². The molecule has 0 heterocycles. The lowest BCUT2D eigenvalue weighted by Crippen LogP contribution is -2.18. The number of hydrogen-bond donors (Lipinski definition) is 0. The van der Waals surface area contributed by atoms with Crippen molar-refractivity contribution in [3.8, 4) is 5.75 Å². The van der Waals surface area contributed by atoms with Crippen molar-refractivity contribution in [2.45, 2.75) is 13.3 Å². The van der Waals surface area contributed by atoms with Crippen molar-refractivity contribution in [1.82, 2.24) is 0 Å². The predicted octanol–water partition coefficient (Wildman–Crippen LogP) is 3.44. The Morgan fingerprint density at radius 1 is 1.40 bits per heavy atom. The summed E-state index contributed by atoms with van der Waals surface area (Å²) in [5.41, 5.74) is -0.195. The highest BCUT2D eigenvalue weighted by Gasteiger charge is 2.32. The fourth-order valence-electron chi connectivity index (χ4n) is 0.991. The van der Waals surface area contributed by atoms with Gasteiger partial charge in [-0.3, -0.25) is 4.79 Å². The SMILES string of the molecule is CC(=O)c1cc(Cl)ccc1OC(F)(F)F. The molecule has 0 fully saturated rings. The van der Waals surface area contributed by atoms with Crippen molar-refractivity contribution in [2.24, 2.45) is 0 Å². The van der Waals surface area contributed by atoms with E-state index in [-0.39, 0.29) is 10.6 Å². The minimum atomic E-state index is -4.82. The van der Waals surface area contributed by atoms with Crippen LogP contribution in [0.25, 0.3) is 0 Å². The average Bonchev–Trinajstić information content (AvgIpc) is 2.05. The quantitative estimate of drug-likeness (QED) is 0.738. The first-order chi connectivity index (χ1) is 6.79. The fourth-order valence-corrected chi connectivity index (χ4v) is 1.16. The Balaban J connectivity index is 3.12. The Morgan fingerprint density at radius 2 is 2.00 bits per heavy atom. The molecule has 0 spiro atoms. The minimum absolute atomic E-state index is 0.176. The summed E-state index contributed by atoms with van der Waals surface area (Å²) in [5.74, 6) is -1.09. The van der Waals surface area contributed by atoms with Crippen LogP contribution in [0.4, 0.5) is 13.2 Å². The first kappa shape index (κ1) is 11.8. The monoisotopic (exact) mass is 238 g/mol. The Hall–Kier alpha value is -1.23. The van der Waals surface area contributed by atoms with Crippen molar-refractivity contribution < 1.29 is 22.7 Å². The van der Waals surface area contributed by atoms with Gasteiger partial charge < -0.3 is 4.74 Å². The molecule has 0 aliphatic carbocycles. The van der Waals surface area contributed by atoms with E-state index >= 15 is 0 Å². The number of benzene rings is 1. The third kappa shape index (κ3) is 3.43. The largest absolute Gasteiger partial charge is 0.573 e. The van der Waals surface area contributed by atoms with Crippen molar-refractivity contribution in [1.29, 1.82) is 0 Å². The van der Waals surface area contributed by atoms with Gasteiger partial charge in [-0.25, -0.2) is 0 Å². The summed E-state index contributed by atoms with van der Waals surface area (Å²) in [6.07, 6.45) is -4.82. The molecule has 0 aliphatic heterocycles. The fraction of sp³-hybridized carbons (Fsp3) is 0.222. The lowest BCUT2D eigenvalue weighted by molar-refractivity contribution is -0.274. The molecule has 0 amide bonds. The number of carbonyl (C=O) groups excluding carboxylic acids is 1. The van der Waals surface area contributed by atoms with Gasteiger partial charge in [-0.15, -0.1) is 13.2 Å². The van der Waals surface area contributed by atoms with E-state index in [0.717, 1.165) is 19.1 Å². The molecule has 1 rings (SSSR count). The summed E-state index contributed by atoms with van der Waals surface area (Å²) in [5, 5.41) is 0.176. The standard InChI is InChI=1S/C9H6ClF3O2/c1-5(14)7-4-6(10)2-3-8(7)15-9(11,12)13/h2-4H,1H3. The van der Waals surface area contributed by atoms with Gasteiger partial charge in [0.25, 0.3) is 0 Å². The van der Waals surface area contributed by atoms with Crippen molar-refractivity contribution in [2.75, 3.05) is 0 Å². The van der Waals surface area contributed by atoms with E-state index in [0.29, 0.717) is 0 Å². The van der Waals surface area contributed by atoms with E-state index in [4.69, 9.17) is 11.6 Å². The van der Waals surface area contributed by atoms with E-state index < -0.39 is 17.9 Å². The molecule has 0 unspecified atom stereocenters. The molecule has 15 heavy (non-hydrogen) atoms. The Morgan fingerprint density at radius 3 is 2.47 bits per heavy atom. The summed E-state index contributed by atoms with van der Waals surface area (Å²) < 4.78 is 39.4. The second kappa shape index (κ2) is 4.10. The topological polar surface area (TPSA) is 26.3 Å². The number of ether oxygens (including phenoxy) is 1. The molecule has 2 nitrogen and oxygen atoms in total. The molecule has 0 aliphatic rings. The summed E-state index contributed by atoms with van der Waals surface area (Å²) in [4.78, 5) is 11.0. The van der Waals surface area contributed by atoms with Crippen LogP contribution in [-0.4, -0.2) is 12.1 Å². The van der Waals surface area contributed by atoms with Crippen LogP contribution >= 0.6 is 11.6 Å². The molecule has 0 aromatic heterocycles. The smallest absolute Gasteiger partial charge is 0.405 e. The Bertz CT molecular complexity index is 387. The molecule has 0 saturated carbocycles. The van der Waals surface area contributed by atoms with Gasteiger partial charge in [0.2, 0.25) is 0 Å². The van der Waals surface area contributed by atoms with Crippen molar-refractivity contribution in [3.05, 3.63) is 28.8 Å². The third-order valence-corrected chi connectivity index (χ3v) is 1.78. The van der Waals surface area contributed by atoms with Crippen LogP contribution < -0.4 is 4.74 Å². The van der Waals surface area contributed by atoms with E-state index in [1.165, 1.54) is 6.07 Å². The maximum absolute atomic E-state index is 11.9. The molecule has 1 aromatic carbocycles. The second-order valence-electron chi connectivity index (χ2n) is 2.74. The van der Waals surface area contributed by atoms with Crippen LogP contribution in [0.3, 0.4) is 0 Å². The first-order valence-electron chi connectivity index (χ1n) is 3.86. The van der Waals surface area contributed by atoms with E-state index in [9.17, 15) is 18.0 Å². The highest BCUT2D eigenvalue weighted by atomic mass is 35.5. The van der Waals surface area contributed by atoms with Crippen LogP contribution in [0, 0.1) is 0 Å². The van der Waals surface area contributed by atoms with Gasteiger partial charge in [-0.2, -0.15) is 0 Å². The van der Waals surface area contributed by atoms with Gasteiger partial charge in [0, 0.05) is 5.02 Å². The summed E-state index contributed by atoms with van der Waals surface area (Å²) in [6, 6.07) is 3.35.